The summed E-state index contributed by atoms with van der Waals surface area (Å²) in [6, 6.07) is -0.586. The van der Waals surface area contributed by atoms with Crippen molar-refractivity contribution in [2.24, 2.45) is 23.5 Å². The summed E-state index contributed by atoms with van der Waals surface area (Å²) in [5.41, 5.74) is 6.07. The van der Waals surface area contributed by atoms with Gasteiger partial charge in [0.15, 0.2) is 0 Å². The minimum absolute atomic E-state index is 0.179. The molecule has 5 nitrogen and oxygen atoms in total. The number of imide groups is 1. The molecule has 0 aromatic heterocycles. The fourth-order valence-corrected chi connectivity index (χ4v) is 5.86. The molecule has 3 atom stereocenters. The molecule has 2 aliphatic rings. The van der Waals surface area contributed by atoms with Gasteiger partial charge in [-0.15, -0.1) is 0 Å². The summed E-state index contributed by atoms with van der Waals surface area (Å²) in [6.07, 6.45) is 4.12. The van der Waals surface area contributed by atoms with E-state index < -0.39 is 38.0 Å². The fraction of sp³-hybridized carbons (Fsp3) is 0.786. The van der Waals surface area contributed by atoms with Crippen LogP contribution in [0.5, 0.6) is 0 Å². The molecule has 1 aliphatic heterocycles. The zero-order valence-corrected chi connectivity index (χ0v) is 14.4. The van der Waals surface area contributed by atoms with Gasteiger partial charge in [-0.25, -0.2) is 0 Å². The van der Waals surface area contributed by atoms with Gasteiger partial charge >= 0.3 is 127 Å². The average Bonchev–Trinajstić information content (AvgIpc) is 2.97. The molecule has 0 bridgehead atoms. The Morgan fingerprint density at radius 1 is 1.25 bits per heavy atom. The second kappa shape index (κ2) is 6.09. The standard InChI is InChI=1S/C14H23IN2O3/c1-8-10(14(20)17(13(8)19)15(2)3)12(18)11(16)9-6-4-5-7-9/h8-11H,4-7,16H2,1-3H3/t8-,10+,11-/m0/s1. The van der Waals surface area contributed by atoms with Crippen molar-refractivity contribution in [1.29, 1.82) is 0 Å². The Hall–Kier alpha value is -0.500. The molecule has 1 saturated carbocycles. The molecule has 2 fully saturated rings. The second-order valence-electron chi connectivity index (χ2n) is 5.91. The van der Waals surface area contributed by atoms with E-state index in [1.54, 1.807) is 6.92 Å². The van der Waals surface area contributed by atoms with E-state index >= 15 is 0 Å². The molecule has 114 valence electrons. The zero-order valence-electron chi connectivity index (χ0n) is 12.3. The number of ketones is 1. The van der Waals surface area contributed by atoms with E-state index in [0.717, 1.165) is 25.7 Å². The van der Waals surface area contributed by atoms with E-state index in [-0.39, 0.29) is 23.5 Å². The Bertz CT molecular complexity index is 432. The van der Waals surface area contributed by atoms with Crippen LogP contribution in [0.1, 0.15) is 32.6 Å². The van der Waals surface area contributed by atoms with Gasteiger partial charge < -0.3 is 0 Å². The van der Waals surface area contributed by atoms with Crippen molar-refractivity contribution in [3.8, 4) is 0 Å². The van der Waals surface area contributed by atoms with E-state index in [9.17, 15) is 14.4 Å². The van der Waals surface area contributed by atoms with E-state index in [4.69, 9.17) is 5.73 Å². The first-order valence-electron chi connectivity index (χ1n) is 7.03. The van der Waals surface area contributed by atoms with Crippen molar-refractivity contribution in [1.82, 2.24) is 3.11 Å². The molecule has 6 heteroatoms. The maximum absolute atomic E-state index is 12.6. The molecule has 1 saturated heterocycles. The van der Waals surface area contributed by atoms with Crippen LogP contribution in [-0.4, -0.2) is 36.6 Å². The number of nitrogens with two attached hydrogens (primary N) is 1. The molecule has 1 aliphatic carbocycles. The van der Waals surface area contributed by atoms with Crippen LogP contribution in [0.3, 0.4) is 0 Å². The maximum atomic E-state index is 12.6. The number of carbonyl (C=O) groups is 3. The van der Waals surface area contributed by atoms with Crippen LogP contribution in [-0.2, 0) is 14.4 Å². The van der Waals surface area contributed by atoms with Crippen LogP contribution in [0.4, 0.5) is 0 Å². The Morgan fingerprint density at radius 2 is 1.80 bits per heavy atom. The molecular weight excluding hydrogens is 371 g/mol. The third-order valence-corrected chi connectivity index (χ3v) is 7.30. The normalized spacial score (nSPS) is 30.0. The first-order valence-corrected chi connectivity index (χ1v) is 12.3. The molecule has 0 aromatic rings. The van der Waals surface area contributed by atoms with Gasteiger partial charge in [0.05, 0.1) is 0 Å². The number of Topliss-reactive ketones (excluding diaryl/α,β-unsaturated/α-hetero) is 1. The van der Waals surface area contributed by atoms with Gasteiger partial charge in [0, 0.05) is 0 Å². The van der Waals surface area contributed by atoms with Crippen LogP contribution in [0.15, 0.2) is 0 Å². The molecular formula is C14H23IN2O3. The van der Waals surface area contributed by atoms with Gasteiger partial charge in [0.1, 0.15) is 0 Å². The fourth-order valence-electron chi connectivity index (χ4n) is 3.22. The molecule has 2 N–H and O–H groups in total. The molecule has 0 radical (unpaired) electrons. The van der Waals surface area contributed by atoms with Crippen molar-refractivity contribution >= 4 is 37.7 Å². The number of amides is 2. The van der Waals surface area contributed by atoms with Gasteiger partial charge in [-0.3, -0.25) is 0 Å². The van der Waals surface area contributed by atoms with Crippen LogP contribution >= 0.6 is 20.1 Å². The Morgan fingerprint density at radius 3 is 2.25 bits per heavy atom. The number of nitrogens with zero attached hydrogens (tertiary/aromatic N) is 1. The average molecular weight is 394 g/mol. The van der Waals surface area contributed by atoms with Crippen molar-refractivity contribution < 1.29 is 14.4 Å². The van der Waals surface area contributed by atoms with Crippen LogP contribution in [0.2, 0.25) is 0 Å². The molecule has 1 heterocycles. The Kier molecular flexibility index (Phi) is 4.84. The zero-order chi connectivity index (χ0) is 15.0. The molecule has 2 amide bonds. The monoisotopic (exact) mass is 394 g/mol. The number of halogens is 1. The topological polar surface area (TPSA) is 80.5 Å². The predicted molar refractivity (Wildman–Crippen MR) is 85.3 cm³/mol. The van der Waals surface area contributed by atoms with Gasteiger partial charge in [0.2, 0.25) is 0 Å². The number of hydrogen-bond donors (Lipinski definition) is 1. The van der Waals surface area contributed by atoms with Crippen LogP contribution in [0.25, 0.3) is 0 Å². The van der Waals surface area contributed by atoms with E-state index in [2.05, 4.69) is 0 Å². The van der Waals surface area contributed by atoms with E-state index in [1.165, 1.54) is 3.11 Å². The SMILES string of the molecule is C[C@@H]1C(=O)N(I(C)C)C(=O)[C@H]1C(=O)[C@@H](N)C1CCCC1. The third-order valence-electron chi connectivity index (χ3n) is 4.42. The third kappa shape index (κ3) is 2.64. The minimum atomic E-state index is -1.75. The van der Waals surface area contributed by atoms with Gasteiger partial charge in [-0.2, -0.15) is 0 Å². The summed E-state index contributed by atoms with van der Waals surface area (Å²) in [6.45, 7) is 1.68. The van der Waals surface area contributed by atoms with Gasteiger partial charge in [-0.1, -0.05) is 0 Å². The van der Waals surface area contributed by atoms with Crippen molar-refractivity contribution in [3.05, 3.63) is 0 Å². The molecule has 0 unspecified atom stereocenters. The van der Waals surface area contributed by atoms with Gasteiger partial charge in [0.25, 0.3) is 0 Å². The predicted octanol–water partition coefficient (Wildman–Crippen LogP) is 1.38. The summed E-state index contributed by atoms with van der Waals surface area (Å²) in [5.74, 6) is -1.88. The summed E-state index contributed by atoms with van der Waals surface area (Å²) in [7, 11) is 0. The molecule has 0 spiro atoms. The summed E-state index contributed by atoms with van der Waals surface area (Å²) in [5, 5.41) is 0. The van der Waals surface area contributed by atoms with Crippen molar-refractivity contribution in [3.63, 3.8) is 0 Å². The van der Waals surface area contributed by atoms with Crippen LogP contribution in [0, 0.1) is 17.8 Å². The number of hydrogen-bond acceptors (Lipinski definition) is 4. The first kappa shape index (κ1) is 15.9. The van der Waals surface area contributed by atoms with Crippen molar-refractivity contribution in [2.45, 2.75) is 38.6 Å². The second-order valence-corrected chi connectivity index (χ2v) is 11.0. The number of carbonyl (C=O) groups excluding carboxylic acids is 3. The Balaban J connectivity index is 2.17. The Labute approximate surface area is 127 Å². The summed E-state index contributed by atoms with van der Waals surface area (Å²) in [4.78, 5) is 41.0. The first-order chi connectivity index (χ1) is 9.36. The van der Waals surface area contributed by atoms with Crippen LogP contribution < -0.4 is 5.73 Å². The van der Waals surface area contributed by atoms with E-state index in [1.807, 2.05) is 9.86 Å². The summed E-state index contributed by atoms with van der Waals surface area (Å²) >= 11 is -1.75. The van der Waals surface area contributed by atoms with E-state index in [0.29, 0.717) is 0 Å². The van der Waals surface area contributed by atoms with Crippen molar-refractivity contribution in [2.75, 3.05) is 9.86 Å². The quantitative estimate of drug-likeness (QED) is 0.257. The van der Waals surface area contributed by atoms with Gasteiger partial charge in [-0.05, 0) is 0 Å². The summed E-state index contributed by atoms with van der Waals surface area (Å²) < 4.78 is 1.37. The molecule has 0 aromatic carbocycles. The number of rotatable bonds is 4. The number of alkyl halides is 2. The molecule has 2 rings (SSSR count). The molecule has 20 heavy (non-hydrogen) atoms.